The van der Waals surface area contributed by atoms with Crippen molar-refractivity contribution in [2.24, 2.45) is 17.8 Å². The SMILES string of the molecule is CC(C)CC(=O)N[C@H](C(=O)N[C@H](C(=O)NC[C@@H](O)CC(=O)N[C@@H](C)C(=O)NC[C@@H](O)CC(=O)O)C(C)C)C(C)C. The third kappa shape index (κ3) is 15.4. The van der Waals surface area contributed by atoms with Crippen LogP contribution in [0.25, 0.3) is 0 Å². The zero-order chi connectivity index (χ0) is 31.2. The molecule has 40 heavy (non-hydrogen) atoms. The van der Waals surface area contributed by atoms with E-state index >= 15 is 0 Å². The largest absolute Gasteiger partial charge is 0.481 e. The predicted octanol–water partition coefficient (Wildman–Crippen LogP) is -1.36. The first-order valence-corrected chi connectivity index (χ1v) is 13.5. The number of rotatable bonds is 18. The van der Waals surface area contributed by atoms with E-state index < -0.39 is 72.8 Å². The molecular formula is C26H47N5O9. The fourth-order valence-corrected chi connectivity index (χ4v) is 3.54. The van der Waals surface area contributed by atoms with Crippen LogP contribution in [0.4, 0.5) is 0 Å². The molecule has 0 bridgehead atoms. The number of carboxylic acids is 1. The summed E-state index contributed by atoms with van der Waals surface area (Å²) < 4.78 is 0. The Balaban J connectivity index is 4.84. The Morgan fingerprint density at radius 2 is 1.02 bits per heavy atom. The first-order chi connectivity index (χ1) is 18.4. The van der Waals surface area contributed by atoms with E-state index in [1.807, 2.05) is 13.8 Å². The van der Waals surface area contributed by atoms with Gasteiger partial charge in [0.2, 0.25) is 29.5 Å². The fraction of sp³-hybridized carbons (Fsp3) is 0.769. The van der Waals surface area contributed by atoms with Gasteiger partial charge in [0.05, 0.1) is 25.0 Å². The van der Waals surface area contributed by atoms with Gasteiger partial charge in [0.1, 0.15) is 18.1 Å². The molecule has 0 heterocycles. The summed E-state index contributed by atoms with van der Waals surface area (Å²) in [5.74, 6) is -4.35. The Bertz CT molecular complexity index is 879. The van der Waals surface area contributed by atoms with Crippen LogP contribution in [0.3, 0.4) is 0 Å². The van der Waals surface area contributed by atoms with Crippen molar-refractivity contribution in [3.05, 3.63) is 0 Å². The number of aliphatic hydroxyl groups excluding tert-OH is 2. The predicted molar refractivity (Wildman–Crippen MR) is 145 cm³/mol. The lowest BCUT2D eigenvalue weighted by Crippen LogP contribution is -2.57. The Hall–Kier alpha value is -3.26. The summed E-state index contributed by atoms with van der Waals surface area (Å²) in [6.45, 7) is 11.5. The molecule has 0 unspecified atom stereocenters. The van der Waals surface area contributed by atoms with Gasteiger partial charge >= 0.3 is 5.97 Å². The van der Waals surface area contributed by atoms with Gasteiger partial charge in [0.15, 0.2) is 0 Å². The van der Waals surface area contributed by atoms with Crippen molar-refractivity contribution in [1.82, 2.24) is 26.6 Å². The highest BCUT2D eigenvalue weighted by atomic mass is 16.4. The molecule has 0 saturated heterocycles. The zero-order valence-corrected chi connectivity index (χ0v) is 24.4. The third-order valence-electron chi connectivity index (χ3n) is 5.73. The zero-order valence-electron chi connectivity index (χ0n) is 24.4. The summed E-state index contributed by atoms with van der Waals surface area (Å²) in [6.07, 6.45) is -3.30. The number of aliphatic hydroxyl groups is 2. The van der Waals surface area contributed by atoms with Crippen LogP contribution in [0.15, 0.2) is 0 Å². The quantitative estimate of drug-likeness (QED) is 0.0968. The van der Waals surface area contributed by atoms with Crippen molar-refractivity contribution in [1.29, 1.82) is 0 Å². The van der Waals surface area contributed by atoms with Gasteiger partial charge in [-0.15, -0.1) is 0 Å². The van der Waals surface area contributed by atoms with Crippen LogP contribution in [-0.2, 0) is 28.8 Å². The van der Waals surface area contributed by atoms with Crippen LogP contribution >= 0.6 is 0 Å². The number of carbonyl (C=O) groups is 6. The molecule has 0 aromatic heterocycles. The molecule has 0 aliphatic rings. The van der Waals surface area contributed by atoms with E-state index in [1.54, 1.807) is 27.7 Å². The number of carbonyl (C=O) groups excluding carboxylic acids is 5. The van der Waals surface area contributed by atoms with Crippen LogP contribution in [0.2, 0.25) is 0 Å². The standard InChI is InChI=1S/C26H47N5O9/c1-13(2)8-19(34)30-23(15(5)6)26(40)31-22(14(3)4)25(39)28-11-17(32)9-20(35)29-16(7)24(38)27-12-18(33)10-21(36)37/h13-18,22-23,32-33H,8-12H2,1-7H3,(H,27,38)(H,28,39)(H,29,35)(H,30,34)(H,31,40)(H,36,37)/t16-,17-,18-,22-,23-/m0/s1. The maximum Gasteiger partial charge on any atom is 0.306 e. The smallest absolute Gasteiger partial charge is 0.306 e. The Labute approximate surface area is 235 Å². The van der Waals surface area contributed by atoms with E-state index in [2.05, 4.69) is 26.6 Å². The molecule has 0 spiro atoms. The lowest BCUT2D eigenvalue weighted by atomic mass is 9.99. The van der Waals surface area contributed by atoms with Crippen molar-refractivity contribution in [2.75, 3.05) is 13.1 Å². The average Bonchev–Trinajstić information content (AvgIpc) is 2.81. The van der Waals surface area contributed by atoms with E-state index in [-0.39, 0.29) is 43.2 Å². The molecule has 0 aromatic carbocycles. The molecule has 0 saturated carbocycles. The molecule has 0 radical (unpaired) electrons. The van der Waals surface area contributed by atoms with E-state index in [0.29, 0.717) is 0 Å². The minimum atomic E-state index is -1.29. The van der Waals surface area contributed by atoms with Crippen molar-refractivity contribution >= 4 is 35.5 Å². The molecule has 5 amide bonds. The fourth-order valence-electron chi connectivity index (χ4n) is 3.54. The molecular weight excluding hydrogens is 526 g/mol. The van der Waals surface area contributed by atoms with Gasteiger partial charge in [-0.1, -0.05) is 41.5 Å². The minimum absolute atomic E-state index is 0.114. The number of hydrogen-bond donors (Lipinski definition) is 8. The summed E-state index contributed by atoms with van der Waals surface area (Å²) in [5, 5.41) is 40.9. The van der Waals surface area contributed by atoms with Gasteiger partial charge in [-0.05, 0) is 24.7 Å². The van der Waals surface area contributed by atoms with E-state index in [9.17, 15) is 39.0 Å². The second-order valence-corrected chi connectivity index (χ2v) is 11.0. The first-order valence-electron chi connectivity index (χ1n) is 13.5. The monoisotopic (exact) mass is 573 g/mol. The molecule has 5 atom stereocenters. The second kappa shape index (κ2) is 18.2. The number of nitrogens with one attached hydrogen (secondary N) is 5. The Kier molecular flexibility index (Phi) is 16.7. The first kappa shape index (κ1) is 36.7. The van der Waals surface area contributed by atoms with Crippen LogP contribution in [0.1, 0.15) is 67.7 Å². The molecule has 0 rings (SSSR count). The molecule has 0 fully saturated rings. The normalized spacial score (nSPS) is 15.0. The van der Waals surface area contributed by atoms with Crippen LogP contribution < -0.4 is 26.6 Å². The van der Waals surface area contributed by atoms with Gasteiger partial charge in [-0.2, -0.15) is 0 Å². The summed E-state index contributed by atoms with van der Waals surface area (Å²) in [5.41, 5.74) is 0. The lowest BCUT2D eigenvalue weighted by molar-refractivity contribution is -0.139. The molecule has 0 aromatic rings. The van der Waals surface area contributed by atoms with Crippen LogP contribution in [0.5, 0.6) is 0 Å². The number of amides is 5. The molecule has 0 aliphatic heterocycles. The van der Waals surface area contributed by atoms with E-state index in [0.717, 1.165) is 0 Å². The van der Waals surface area contributed by atoms with Gasteiger partial charge in [0, 0.05) is 19.5 Å². The highest BCUT2D eigenvalue weighted by Crippen LogP contribution is 2.08. The summed E-state index contributed by atoms with van der Waals surface area (Å²) >= 11 is 0. The average molecular weight is 574 g/mol. The van der Waals surface area contributed by atoms with Gasteiger partial charge < -0.3 is 41.9 Å². The summed E-state index contributed by atoms with van der Waals surface area (Å²) in [4.78, 5) is 72.7. The van der Waals surface area contributed by atoms with Crippen molar-refractivity contribution in [3.63, 3.8) is 0 Å². The second-order valence-electron chi connectivity index (χ2n) is 11.0. The van der Waals surface area contributed by atoms with Crippen LogP contribution in [-0.4, -0.2) is 94.2 Å². The molecule has 14 nitrogen and oxygen atoms in total. The lowest BCUT2D eigenvalue weighted by Gasteiger charge is -2.27. The Morgan fingerprint density at radius 1 is 0.575 bits per heavy atom. The van der Waals surface area contributed by atoms with Gasteiger partial charge in [-0.3, -0.25) is 28.8 Å². The topological polar surface area (TPSA) is 223 Å². The molecule has 8 N–H and O–H groups in total. The molecule has 0 aliphatic carbocycles. The van der Waals surface area contributed by atoms with Crippen LogP contribution in [0, 0.1) is 17.8 Å². The summed E-state index contributed by atoms with van der Waals surface area (Å²) in [6, 6.07) is -2.83. The van der Waals surface area contributed by atoms with E-state index in [4.69, 9.17) is 5.11 Å². The third-order valence-corrected chi connectivity index (χ3v) is 5.73. The number of hydrogen-bond acceptors (Lipinski definition) is 8. The molecule has 14 heteroatoms. The Morgan fingerprint density at radius 3 is 1.50 bits per heavy atom. The van der Waals surface area contributed by atoms with Crippen molar-refractivity contribution in [3.8, 4) is 0 Å². The minimum Gasteiger partial charge on any atom is -0.481 e. The molecule has 230 valence electrons. The number of aliphatic carboxylic acids is 1. The van der Waals surface area contributed by atoms with Gasteiger partial charge in [-0.25, -0.2) is 0 Å². The van der Waals surface area contributed by atoms with Crippen molar-refractivity contribution in [2.45, 2.75) is 98.1 Å². The maximum atomic E-state index is 12.9. The highest BCUT2D eigenvalue weighted by molar-refractivity contribution is 5.92. The number of carboxylic acid groups (broad SMARTS) is 1. The highest BCUT2D eigenvalue weighted by Gasteiger charge is 2.31. The maximum absolute atomic E-state index is 12.9. The van der Waals surface area contributed by atoms with Crippen molar-refractivity contribution < 1.29 is 44.1 Å². The summed E-state index contributed by atoms with van der Waals surface area (Å²) in [7, 11) is 0. The van der Waals surface area contributed by atoms with E-state index in [1.165, 1.54) is 6.92 Å². The van der Waals surface area contributed by atoms with Gasteiger partial charge in [0.25, 0.3) is 0 Å².